The first kappa shape index (κ1) is 14.5. The number of oxime groups is 1. The van der Waals surface area contributed by atoms with Crippen molar-refractivity contribution in [3.8, 4) is 0 Å². The largest absolute Gasteiger partial charge is 0.409 e. The van der Waals surface area contributed by atoms with Gasteiger partial charge in [-0.15, -0.1) is 0 Å². The van der Waals surface area contributed by atoms with Crippen molar-refractivity contribution in [3.05, 3.63) is 35.4 Å². The molecule has 0 amide bonds. The molecule has 1 rings (SSSR count). The smallest absolute Gasteiger partial charge is 0.170 e. The molecule has 0 bridgehead atoms. The van der Waals surface area contributed by atoms with E-state index in [1.54, 1.807) is 0 Å². The van der Waals surface area contributed by atoms with Crippen LogP contribution in [0.25, 0.3) is 0 Å². The first-order valence-electron chi connectivity index (χ1n) is 6.11. The maximum Gasteiger partial charge on any atom is 0.170 e. The van der Waals surface area contributed by atoms with Gasteiger partial charge in [-0.3, -0.25) is 4.90 Å². The van der Waals surface area contributed by atoms with Gasteiger partial charge in [0, 0.05) is 25.3 Å². The van der Waals surface area contributed by atoms with Crippen molar-refractivity contribution in [2.45, 2.75) is 19.9 Å². The van der Waals surface area contributed by atoms with E-state index in [0.29, 0.717) is 5.56 Å². The van der Waals surface area contributed by atoms with E-state index in [0.717, 1.165) is 31.6 Å². The fourth-order valence-corrected chi connectivity index (χ4v) is 1.79. The predicted octanol–water partition coefficient (Wildman–Crippen LogP) is 0.985. The van der Waals surface area contributed by atoms with Gasteiger partial charge in [-0.2, -0.15) is 0 Å². The molecule has 0 saturated carbocycles. The monoisotopic (exact) mass is 251 g/mol. The van der Waals surface area contributed by atoms with Gasteiger partial charge < -0.3 is 16.0 Å². The zero-order chi connectivity index (χ0) is 13.4. The molecule has 0 aliphatic heterocycles. The second kappa shape index (κ2) is 7.68. The van der Waals surface area contributed by atoms with E-state index in [2.05, 4.69) is 17.0 Å². The minimum Gasteiger partial charge on any atom is -0.409 e. The number of aliphatic hydroxyl groups excluding tert-OH is 1. The molecule has 0 fully saturated rings. The summed E-state index contributed by atoms with van der Waals surface area (Å²) in [6, 6.07) is 7.62. The lowest BCUT2D eigenvalue weighted by molar-refractivity contribution is 0.225. The second-order valence-electron chi connectivity index (χ2n) is 4.13. The van der Waals surface area contributed by atoms with E-state index in [4.69, 9.17) is 16.0 Å². The van der Waals surface area contributed by atoms with Crippen molar-refractivity contribution in [2.75, 3.05) is 19.7 Å². The number of nitrogens with zero attached hydrogens (tertiary/aromatic N) is 2. The van der Waals surface area contributed by atoms with E-state index < -0.39 is 0 Å². The lowest BCUT2D eigenvalue weighted by Gasteiger charge is -2.20. The van der Waals surface area contributed by atoms with E-state index in [-0.39, 0.29) is 12.4 Å². The highest BCUT2D eigenvalue weighted by Crippen LogP contribution is 2.08. The Morgan fingerprint density at radius 3 is 2.83 bits per heavy atom. The van der Waals surface area contributed by atoms with Crippen molar-refractivity contribution < 1.29 is 10.3 Å². The highest BCUT2D eigenvalue weighted by atomic mass is 16.4. The molecule has 1 aromatic rings. The van der Waals surface area contributed by atoms with Crippen molar-refractivity contribution in [3.63, 3.8) is 0 Å². The maximum atomic E-state index is 8.84. The molecule has 5 nitrogen and oxygen atoms in total. The summed E-state index contributed by atoms with van der Waals surface area (Å²) in [7, 11) is 0. The van der Waals surface area contributed by atoms with Crippen LogP contribution in [0.15, 0.2) is 29.4 Å². The Morgan fingerprint density at radius 1 is 1.44 bits per heavy atom. The van der Waals surface area contributed by atoms with E-state index in [1.165, 1.54) is 0 Å². The first-order valence-corrected chi connectivity index (χ1v) is 6.11. The standard InChI is InChI=1S/C13H21N3O2/c1-2-16(7-4-8-17)10-11-5-3-6-12(9-11)13(14)15-18/h3,5-6,9,17-18H,2,4,7-8,10H2,1H3,(H2,14,15). The summed E-state index contributed by atoms with van der Waals surface area (Å²) in [5.41, 5.74) is 7.39. The minimum absolute atomic E-state index is 0.121. The third-order valence-corrected chi connectivity index (χ3v) is 2.82. The van der Waals surface area contributed by atoms with Gasteiger partial charge in [-0.05, 0) is 24.6 Å². The molecule has 0 spiro atoms. The Bertz CT molecular complexity index is 394. The molecule has 0 aliphatic rings. The van der Waals surface area contributed by atoms with Crippen LogP contribution in [0.4, 0.5) is 0 Å². The molecule has 18 heavy (non-hydrogen) atoms. The SMILES string of the molecule is CCN(CCCO)Cc1cccc(/C(N)=N/O)c1. The summed E-state index contributed by atoms with van der Waals surface area (Å²) in [5, 5.41) is 20.5. The Labute approximate surface area is 108 Å². The number of nitrogens with two attached hydrogens (primary N) is 1. The lowest BCUT2D eigenvalue weighted by atomic mass is 10.1. The van der Waals surface area contributed by atoms with E-state index in [1.807, 2.05) is 24.3 Å². The summed E-state index contributed by atoms with van der Waals surface area (Å²) in [4.78, 5) is 2.24. The quantitative estimate of drug-likeness (QED) is 0.292. The Balaban J connectivity index is 2.71. The molecule has 0 heterocycles. The van der Waals surface area contributed by atoms with Crippen LogP contribution in [0.1, 0.15) is 24.5 Å². The van der Waals surface area contributed by atoms with Gasteiger partial charge in [0.1, 0.15) is 0 Å². The summed E-state index contributed by atoms with van der Waals surface area (Å²) < 4.78 is 0. The summed E-state index contributed by atoms with van der Waals surface area (Å²) in [5.74, 6) is 0.121. The highest BCUT2D eigenvalue weighted by Gasteiger charge is 2.05. The molecule has 4 N–H and O–H groups in total. The van der Waals surface area contributed by atoms with Gasteiger partial charge in [0.15, 0.2) is 5.84 Å². The number of rotatable bonds is 7. The Morgan fingerprint density at radius 2 is 2.22 bits per heavy atom. The van der Waals surface area contributed by atoms with Crippen LogP contribution in [-0.2, 0) is 6.54 Å². The van der Waals surface area contributed by atoms with Gasteiger partial charge in [0.25, 0.3) is 0 Å². The van der Waals surface area contributed by atoms with E-state index in [9.17, 15) is 0 Å². The van der Waals surface area contributed by atoms with Crippen LogP contribution < -0.4 is 5.73 Å². The molecule has 1 aromatic carbocycles. The van der Waals surface area contributed by atoms with Crippen molar-refractivity contribution >= 4 is 5.84 Å². The van der Waals surface area contributed by atoms with Crippen LogP contribution in [-0.4, -0.2) is 40.7 Å². The minimum atomic E-state index is 0.121. The number of amidine groups is 1. The number of hydrogen-bond donors (Lipinski definition) is 3. The normalized spacial score (nSPS) is 12.1. The maximum absolute atomic E-state index is 8.84. The van der Waals surface area contributed by atoms with Crippen LogP contribution in [0.3, 0.4) is 0 Å². The zero-order valence-corrected chi connectivity index (χ0v) is 10.7. The molecule has 0 aliphatic carbocycles. The molecular formula is C13H21N3O2. The average molecular weight is 251 g/mol. The molecule has 100 valence electrons. The molecule has 0 saturated heterocycles. The number of aliphatic hydroxyl groups is 1. The van der Waals surface area contributed by atoms with Gasteiger partial charge in [0.05, 0.1) is 0 Å². The van der Waals surface area contributed by atoms with Crippen LogP contribution in [0, 0.1) is 0 Å². The van der Waals surface area contributed by atoms with E-state index >= 15 is 0 Å². The van der Waals surface area contributed by atoms with Crippen LogP contribution >= 0.6 is 0 Å². The molecule has 0 unspecified atom stereocenters. The second-order valence-corrected chi connectivity index (χ2v) is 4.13. The fourth-order valence-electron chi connectivity index (χ4n) is 1.79. The molecule has 0 atom stereocenters. The summed E-state index contributed by atoms with van der Waals surface area (Å²) in [6.07, 6.45) is 0.772. The zero-order valence-electron chi connectivity index (χ0n) is 10.7. The van der Waals surface area contributed by atoms with Gasteiger partial charge >= 0.3 is 0 Å². The fraction of sp³-hybridized carbons (Fsp3) is 0.462. The predicted molar refractivity (Wildman–Crippen MR) is 71.6 cm³/mol. The molecule has 5 heteroatoms. The summed E-state index contributed by atoms with van der Waals surface area (Å²) in [6.45, 7) is 4.88. The van der Waals surface area contributed by atoms with Gasteiger partial charge in [0.2, 0.25) is 0 Å². The Kier molecular flexibility index (Phi) is 6.18. The van der Waals surface area contributed by atoms with Gasteiger partial charge in [-0.25, -0.2) is 0 Å². The van der Waals surface area contributed by atoms with Crippen molar-refractivity contribution in [1.82, 2.24) is 4.90 Å². The molecule has 0 aromatic heterocycles. The molecule has 0 radical (unpaired) electrons. The first-order chi connectivity index (χ1) is 8.71. The molecular weight excluding hydrogens is 230 g/mol. The lowest BCUT2D eigenvalue weighted by Crippen LogP contribution is -2.25. The third-order valence-electron chi connectivity index (χ3n) is 2.82. The van der Waals surface area contributed by atoms with Crippen LogP contribution in [0.5, 0.6) is 0 Å². The van der Waals surface area contributed by atoms with Crippen LogP contribution in [0.2, 0.25) is 0 Å². The number of hydrogen-bond acceptors (Lipinski definition) is 4. The third kappa shape index (κ3) is 4.35. The highest BCUT2D eigenvalue weighted by molar-refractivity contribution is 5.97. The summed E-state index contributed by atoms with van der Waals surface area (Å²) >= 11 is 0. The van der Waals surface area contributed by atoms with Crippen molar-refractivity contribution in [2.24, 2.45) is 10.9 Å². The van der Waals surface area contributed by atoms with Gasteiger partial charge in [-0.1, -0.05) is 30.3 Å². The van der Waals surface area contributed by atoms with Crippen molar-refractivity contribution in [1.29, 1.82) is 0 Å². The Hall–Kier alpha value is -1.59. The topological polar surface area (TPSA) is 82.1 Å². The average Bonchev–Trinajstić information content (AvgIpc) is 2.42. The number of benzene rings is 1.